The van der Waals surface area contributed by atoms with Crippen molar-refractivity contribution in [3.05, 3.63) is 34.9 Å². The summed E-state index contributed by atoms with van der Waals surface area (Å²) in [5.74, 6) is 0. The van der Waals surface area contributed by atoms with E-state index in [0.29, 0.717) is 17.4 Å². The molecule has 1 aromatic carbocycles. The maximum absolute atomic E-state index is 10.6. The zero-order valence-corrected chi connectivity index (χ0v) is 7.62. The van der Waals surface area contributed by atoms with Crippen LogP contribution in [0.15, 0.2) is 18.2 Å². The van der Waals surface area contributed by atoms with Crippen LogP contribution >= 0.6 is 0 Å². The highest BCUT2D eigenvalue weighted by molar-refractivity contribution is 5.90. The summed E-state index contributed by atoms with van der Waals surface area (Å²) in [6.07, 6.45) is 3.42. The van der Waals surface area contributed by atoms with Crippen LogP contribution < -0.4 is 0 Å². The highest BCUT2D eigenvalue weighted by atomic mass is 16.1. The fraction of sp³-hybridized carbons (Fsp3) is 0.273. The maximum atomic E-state index is 10.6. The zero-order valence-electron chi connectivity index (χ0n) is 7.62. The Morgan fingerprint density at radius 3 is 2.38 bits per heavy atom. The van der Waals surface area contributed by atoms with Crippen molar-refractivity contribution < 1.29 is 9.59 Å². The fourth-order valence-electron chi connectivity index (χ4n) is 1.28. The molecule has 1 aromatic rings. The summed E-state index contributed by atoms with van der Waals surface area (Å²) >= 11 is 0. The van der Waals surface area contributed by atoms with Gasteiger partial charge in [-0.25, -0.2) is 0 Å². The lowest BCUT2D eigenvalue weighted by atomic mass is 10.0. The molecule has 0 radical (unpaired) electrons. The van der Waals surface area contributed by atoms with E-state index in [1.807, 2.05) is 6.07 Å². The number of aldehydes is 2. The number of carbonyl (C=O) groups is 2. The predicted octanol–water partition coefficient (Wildman–Crippen LogP) is 2.26. The number of aryl methyl sites for hydroxylation is 1. The van der Waals surface area contributed by atoms with Gasteiger partial charge in [-0.3, -0.25) is 9.59 Å². The Morgan fingerprint density at radius 1 is 1.15 bits per heavy atom. The minimum atomic E-state index is 0.467. The van der Waals surface area contributed by atoms with E-state index in [0.717, 1.165) is 24.7 Å². The Labute approximate surface area is 77.6 Å². The molecule has 1 rings (SSSR count). The molecule has 0 aliphatic carbocycles. The van der Waals surface area contributed by atoms with Gasteiger partial charge in [0.2, 0.25) is 0 Å². The van der Waals surface area contributed by atoms with Crippen molar-refractivity contribution in [2.24, 2.45) is 0 Å². The molecule has 2 nitrogen and oxygen atoms in total. The highest BCUT2D eigenvalue weighted by Crippen LogP contribution is 2.10. The van der Waals surface area contributed by atoms with Gasteiger partial charge in [0, 0.05) is 11.1 Å². The van der Waals surface area contributed by atoms with Gasteiger partial charge in [-0.1, -0.05) is 25.5 Å². The molecular formula is C11H12O2. The van der Waals surface area contributed by atoms with Crippen LogP contribution in [0.3, 0.4) is 0 Å². The number of hydrogen-bond acceptors (Lipinski definition) is 2. The second-order valence-electron chi connectivity index (χ2n) is 2.95. The van der Waals surface area contributed by atoms with E-state index in [1.54, 1.807) is 12.1 Å². The van der Waals surface area contributed by atoms with Crippen LogP contribution in [0.2, 0.25) is 0 Å². The van der Waals surface area contributed by atoms with Crippen molar-refractivity contribution in [1.82, 2.24) is 0 Å². The van der Waals surface area contributed by atoms with Crippen molar-refractivity contribution in [2.75, 3.05) is 0 Å². The van der Waals surface area contributed by atoms with Gasteiger partial charge >= 0.3 is 0 Å². The first kappa shape index (κ1) is 9.65. The van der Waals surface area contributed by atoms with E-state index >= 15 is 0 Å². The Hall–Kier alpha value is -1.44. The van der Waals surface area contributed by atoms with Crippen LogP contribution in [0.5, 0.6) is 0 Å². The Bertz CT molecular complexity index is 316. The van der Waals surface area contributed by atoms with Crippen LogP contribution in [0.1, 0.15) is 39.6 Å². The van der Waals surface area contributed by atoms with Gasteiger partial charge in [-0.05, 0) is 18.1 Å². The SMILES string of the molecule is CCCc1ccc(C=O)c(C=O)c1. The third-order valence-electron chi connectivity index (χ3n) is 1.94. The molecule has 2 heteroatoms. The monoisotopic (exact) mass is 176 g/mol. The molecule has 0 N–H and O–H groups in total. The second kappa shape index (κ2) is 4.55. The molecule has 0 amide bonds. The summed E-state index contributed by atoms with van der Waals surface area (Å²) in [7, 11) is 0. The van der Waals surface area contributed by atoms with Gasteiger partial charge in [-0.15, -0.1) is 0 Å². The second-order valence-corrected chi connectivity index (χ2v) is 2.95. The lowest BCUT2D eigenvalue weighted by molar-refractivity contribution is 0.109. The van der Waals surface area contributed by atoms with E-state index in [1.165, 1.54) is 0 Å². The fourth-order valence-corrected chi connectivity index (χ4v) is 1.28. The molecule has 0 saturated heterocycles. The molecule has 0 spiro atoms. The van der Waals surface area contributed by atoms with E-state index in [2.05, 4.69) is 6.92 Å². The van der Waals surface area contributed by atoms with Crippen LogP contribution in [-0.4, -0.2) is 12.6 Å². The molecule has 0 aliphatic rings. The molecule has 13 heavy (non-hydrogen) atoms. The lowest BCUT2D eigenvalue weighted by Gasteiger charge is -2.01. The third-order valence-corrected chi connectivity index (χ3v) is 1.94. The summed E-state index contributed by atoms with van der Waals surface area (Å²) in [5, 5.41) is 0. The van der Waals surface area contributed by atoms with Gasteiger partial charge in [0.05, 0.1) is 0 Å². The Morgan fingerprint density at radius 2 is 1.85 bits per heavy atom. The molecule has 0 aliphatic heterocycles. The van der Waals surface area contributed by atoms with E-state index in [4.69, 9.17) is 0 Å². The number of rotatable bonds is 4. The van der Waals surface area contributed by atoms with Gasteiger partial charge in [0.25, 0.3) is 0 Å². The van der Waals surface area contributed by atoms with Crippen LogP contribution in [0, 0.1) is 0 Å². The van der Waals surface area contributed by atoms with Crippen molar-refractivity contribution >= 4 is 12.6 Å². The highest BCUT2D eigenvalue weighted by Gasteiger charge is 2.01. The molecule has 0 unspecified atom stereocenters. The zero-order chi connectivity index (χ0) is 9.68. The van der Waals surface area contributed by atoms with Crippen molar-refractivity contribution in [2.45, 2.75) is 19.8 Å². The average molecular weight is 176 g/mol. The number of benzene rings is 1. The quantitative estimate of drug-likeness (QED) is 0.659. The predicted molar refractivity (Wildman–Crippen MR) is 51.2 cm³/mol. The summed E-state index contributed by atoms with van der Waals surface area (Å²) < 4.78 is 0. The van der Waals surface area contributed by atoms with Crippen LogP contribution in [0.4, 0.5) is 0 Å². The molecule has 0 aromatic heterocycles. The van der Waals surface area contributed by atoms with Crippen molar-refractivity contribution in [3.8, 4) is 0 Å². The van der Waals surface area contributed by atoms with Crippen LogP contribution in [-0.2, 0) is 6.42 Å². The topological polar surface area (TPSA) is 34.1 Å². The van der Waals surface area contributed by atoms with Gasteiger partial charge in [-0.2, -0.15) is 0 Å². The minimum Gasteiger partial charge on any atom is -0.298 e. The first-order valence-electron chi connectivity index (χ1n) is 4.35. The molecule has 0 saturated carbocycles. The van der Waals surface area contributed by atoms with E-state index in [-0.39, 0.29) is 0 Å². The molecule has 0 bridgehead atoms. The summed E-state index contributed by atoms with van der Waals surface area (Å²) in [5.41, 5.74) is 2.06. The van der Waals surface area contributed by atoms with Crippen LogP contribution in [0.25, 0.3) is 0 Å². The normalized spacial score (nSPS) is 9.62. The standard InChI is InChI=1S/C11H12O2/c1-2-3-9-4-5-10(7-12)11(6-9)8-13/h4-8H,2-3H2,1H3. The molecule has 0 heterocycles. The largest absolute Gasteiger partial charge is 0.298 e. The molecular weight excluding hydrogens is 164 g/mol. The minimum absolute atomic E-state index is 0.467. The van der Waals surface area contributed by atoms with Crippen molar-refractivity contribution in [3.63, 3.8) is 0 Å². The molecule has 68 valence electrons. The van der Waals surface area contributed by atoms with E-state index in [9.17, 15) is 9.59 Å². The Kier molecular flexibility index (Phi) is 3.38. The number of carbonyl (C=O) groups excluding carboxylic acids is 2. The summed E-state index contributed by atoms with van der Waals surface area (Å²) in [4.78, 5) is 21.1. The first-order valence-corrected chi connectivity index (χ1v) is 4.35. The smallest absolute Gasteiger partial charge is 0.150 e. The third kappa shape index (κ3) is 2.25. The maximum Gasteiger partial charge on any atom is 0.150 e. The lowest BCUT2D eigenvalue weighted by Crippen LogP contribution is -1.93. The van der Waals surface area contributed by atoms with Crippen molar-refractivity contribution in [1.29, 1.82) is 0 Å². The van der Waals surface area contributed by atoms with E-state index < -0.39 is 0 Å². The average Bonchev–Trinajstić information content (AvgIpc) is 2.18. The number of hydrogen-bond donors (Lipinski definition) is 0. The molecule has 0 atom stereocenters. The Balaban J connectivity index is 3.05. The summed E-state index contributed by atoms with van der Waals surface area (Å²) in [6.45, 7) is 2.08. The summed E-state index contributed by atoms with van der Waals surface area (Å²) in [6, 6.07) is 5.36. The first-order chi connectivity index (χ1) is 6.31. The van der Waals surface area contributed by atoms with Gasteiger partial charge in [0.15, 0.2) is 12.6 Å². The van der Waals surface area contributed by atoms with Gasteiger partial charge in [0.1, 0.15) is 0 Å². The van der Waals surface area contributed by atoms with Gasteiger partial charge < -0.3 is 0 Å². The molecule has 0 fully saturated rings.